The van der Waals surface area contributed by atoms with Crippen LogP contribution in [-0.4, -0.2) is 34.7 Å². The Morgan fingerprint density at radius 2 is 1.23 bits per heavy atom. The van der Waals surface area contributed by atoms with Crippen molar-refractivity contribution in [2.45, 2.75) is 90.0 Å². The summed E-state index contributed by atoms with van der Waals surface area (Å²) < 4.78 is 5.50. The van der Waals surface area contributed by atoms with Crippen molar-refractivity contribution in [2.75, 3.05) is 6.61 Å². The third kappa shape index (κ3) is 12.3. The van der Waals surface area contributed by atoms with Gasteiger partial charge in [0.1, 0.15) is 17.5 Å². The predicted octanol–water partition coefficient (Wildman–Crippen LogP) is 5.83. The van der Waals surface area contributed by atoms with Crippen molar-refractivity contribution in [1.82, 2.24) is 5.32 Å². The molecule has 0 saturated heterocycles. The summed E-state index contributed by atoms with van der Waals surface area (Å²) >= 11 is 0. The van der Waals surface area contributed by atoms with Crippen molar-refractivity contribution in [3.05, 3.63) is 59.7 Å². The molecule has 1 amide bonds. The van der Waals surface area contributed by atoms with Gasteiger partial charge in [0.25, 0.3) is 0 Å². The lowest BCUT2D eigenvalue weighted by molar-refractivity contribution is -0.148. The highest BCUT2D eigenvalue weighted by atomic mass is 16.5. The average molecular weight is 484 g/mol. The maximum absolute atomic E-state index is 12.8. The molecule has 35 heavy (non-hydrogen) atoms. The van der Waals surface area contributed by atoms with Gasteiger partial charge >= 0.3 is 5.97 Å². The number of nitrogens with one attached hydrogen (secondary N) is 1. The Bertz CT molecular complexity index is 864. The minimum atomic E-state index is -0.813. The molecule has 0 bridgehead atoms. The molecule has 0 aliphatic rings. The Kier molecular flexibility index (Phi) is 13.4. The zero-order valence-corrected chi connectivity index (χ0v) is 21.0. The molecule has 2 aromatic rings. The number of benzene rings is 2. The lowest BCUT2D eigenvalue weighted by atomic mass is 10.0. The van der Waals surface area contributed by atoms with Gasteiger partial charge in [0.2, 0.25) is 5.91 Å². The second-order valence-corrected chi connectivity index (χ2v) is 9.18. The summed E-state index contributed by atoms with van der Waals surface area (Å²) in [4.78, 5) is 25.4. The van der Waals surface area contributed by atoms with Crippen LogP contribution in [-0.2, 0) is 27.2 Å². The van der Waals surface area contributed by atoms with Crippen LogP contribution < -0.4 is 5.32 Å². The first-order chi connectivity index (χ1) is 17.0. The number of phenolic OH excluding ortho intramolecular Hbond substituents is 2. The van der Waals surface area contributed by atoms with Gasteiger partial charge in [-0.3, -0.25) is 4.79 Å². The van der Waals surface area contributed by atoms with Crippen molar-refractivity contribution in [1.29, 1.82) is 0 Å². The van der Waals surface area contributed by atoms with Gasteiger partial charge < -0.3 is 20.3 Å². The van der Waals surface area contributed by atoms with Gasteiger partial charge in [-0.15, -0.1) is 0 Å². The lowest BCUT2D eigenvalue weighted by Crippen LogP contribution is -2.44. The van der Waals surface area contributed by atoms with Crippen LogP contribution in [0, 0.1) is 0 Å². The molecular formula is C29H41NO5. The average Bonchev–Trinajstić information content (AvgIpc) is 2.84. The van der Waals surface area contributed by atoms with Crippen LogP contribution in [0.3, 0.4) is 0 Å². The van der Waals surface area contributed by atoms with Crippen LogP contribution >= 0.6 is 0 Å². The Morgan fingerprint density at radius 1 is 0.743 bits per heavy atom. The molecule has 2 aromatic carbocycles. The number of carbonyl (C=O) groups excluding carboxylic acids is 2. The number of carbonyl (C=O) groups is 2. The molecular weight excluding hydrogens is 442 g/mol. The van der Waals surface area contributed by atoms with Crippen molar-refractivity contribution in [2.24, 2.45) is 0 Å². The van der Waals surface area contributed by atoms with Gasteiger partial charge in [0, 0.05) is 6.42 Å². The van der Waals surface area contributed by atoms with Crippen LogP contribution in [0.5, 0.6) is 11.5 Å². The van der Waals surface area contributed by atoms with Gasteiger partial charge in [-0.25, -0.2) is 4.79 Å². The molecule has 0 aliphatic carbocycles. The van der Waals surface area contributed by atoms with Gasteiger partial charge in [0.05, 0.1) is 13.0 Å². The number of ether oxygens (including phenoxy) is 1. The summed E-state index contributed by atoms with van der Waals surface area (Å²) in [6.07, 6.45) is 12.4. The second-order valence-electron chi connectivity index (χ2n) is 9.18. The molecule has 6 nitrogen and oxygen atoms in total. The van der Waals surface area contributed by atoms with Crippen molar-refractivity contribution < 1.29 is 24.5 Å². The standard InChI is InChI=1S/C29H41NO5/c1-2-3-4-5-6-7-8-9-10-11-20-35-29(34)27(21-23-12-16-25(31)17-13-23)30-28(33)22-24-14-18-26(32)19-15-24/h12-19,27,31-32H,2-11,20-22H2,1H3,(H,30,33). The highest BCUT2D eigenvalue weighted by Gasteiger charge is 2.23. The molecule has 0 radical (unpaired) electrons. The number of rotatable bonds is 17. The van der Waals surface area contributed by atoms with E-state index in [1.165, 1.54) is 57.1 Å². The maximum Gasteiger partial charge on any atom is 0.328 e. The summed E-state index contributed by atoms with van der Waals surface area (Å²) in [6, 6.07) is 12.1. The van der Waals surface area contributed by atoms with E-state index >= 15 is 0 Å². The highest BCUT2D eigenvalue weighted by Crippen LogP contribution is 2.14. The zero-order chi connectivity index (χ0) is 25.3. The maximum atomic E-state index is 12.8. The third-order valence-corrected chi connectivity index (χ3v) is 6.04. The number of unbranched alkanes of at least 4 members (excludes halogenated alkanes) is 9. The van der Waals surface area contributed by atoms with Gasteiger partial charge in [-0.05, 0) is 41.8 Å². The smallest absolute Gasteiger partial charge is 0.328 e. The number of amides is 1. The molecule has 0 spiro atoms. The van der Waals surface area contributed by atoms with E-state index in [4.69, 9.17) is 4.74 Å². The third-order valence-electron chi connectivity index (χ3n) is 6.04. The minimum Gasteiger partial charge on any atom is -0.508 e. The van der Waals surface area contributed by atoms with Crippen molar-refractivity contribution in [3.63, 3.8) is 0 Å². The monoisotopic (exact) mass is 483 g/mol. The van der Waals surface area contributed by atoms with Crippen molar-refractivity contribution in [3.8, 4) is 11.5 Å². The summed E-state index contributed by atoms with van der Waals surface area (Å²) in [7, 11) is 0. The Labute approximate surface area is 209 Å². The first-order valence-electron chi connectivity index (χ1n) is 13.0. The second kappa shape index (κ2) is 16.6. The first-order valence-corrected chi connectivity index (χ1v) is 13.0. The molecule has 2 rings (SSSR count). The lowest BCUT2D eigenvalue weighted by Gasteiger charge is -2.18. The molecule has 1 atom stereocenters. The van der Waals surface area contributed by atoms with Crippen LogP contribution in [0.25, 0.3) is 0 Å². The fraction of sp³-hybridized carbons (Fsp3) is 0.517. The first kappa shape index (κ1) is 28.2. The molecule has 0 heterocycles. The normalized spacial score (nSPS) is 11.7. The fourth-order valence-corrected chi connectivity index (χ4v) is 3.97. The van der Waals surface area contributed by atoms with E-state index < -0.39 is 12.0 Å². The van der Waals surface area contributed by atoms with Crippen LogP contribution in [0.15, 0.2) is 48.5 Å². The SMILES string of the molecule is CCCCCCCCCCCCOC(=O)C(Cc1ccc(O)cc1)NC(=O)Cc1ccc(O)cc1. The van der Waals surface area contributed by atoms with Crippen LogP contribution in [0.2, 0.25) is 0 Å². The quantitative estimate of drug-likeness (QED) is 0.194. The fourth-order valence-electron chi connectivity index (χ4n) is 3.97. The largest absolute Gasteiger partial charge is 0.508 e. The number of esters is 1. The molecule has 3 N–H and O–H groups in total. The number of phenols is 2. The van der Waals surface area contributed by atoms with E-state index in [1.807, 2.05) is 0 Å². The Balaban J connectivity index is 1.77. The highest BCUT2D eigenvalue weighted by molar-refractivity contribution is 5.85. The van der Waals surface area contributed by atoms with Gasteiger partial charge in [-0.1, -0.05) is 89.0 Å². The van der Waals surface area contributed by atoms with Gasteiger partial charge in [-0.2, -0.15) is 0 Å². The summed E-state index contributed by atoms with van der Waals surface area (Å²) in [5, 5.41) is 21.7. The molecule has 192 valence electrons. The van der Waals surface area contributed by atoms with E-state index in [0.29, 0.717) is 6.61 Å². The summed E-state index contributed by atoms with van der Waals surface area (Å²) in [5.41, 5.74) is 1.55. The predicted molar refractivity (Wildman–Crippen MR) is 138 cm³/mol. The van der Waals surface area contributed by atoms with E-state index in [1.54, 1.807) is 36.4 Å². The molecule has 0 saturated carbocycles. The van der Waals surface area contributed by atoms with E-state index in [0.717, 1.165) is 30.4 Å². The number of aromatic hydroxyl groups is 2. The van der Waals surface area contributed by atoms with Crippen LogP contribution in [0.1, 0.15) is 82.3 Å². The number of hydrogen-bond donors (Lipinski definition) is 3. The van der Waals surface area contributed by atoms with E-state index in [2.05, 4.69) is 12.2 Å². The molecule has 0 fully saturated rings. The summed E-state index contributed by atoms with van der Waals surface area (Å²) in [6.45, 7) is 2.57. The molecule has 1 unspecified atom stereocenters. The van der Waals surface area contributed by atoms with E-state index in [-0.39, 0.29) is 30.2 Å². The molecule has 0 aromatic heterocycles. The summed E-state index contributed by atoms with van der Waals surface area (Å²) in [5.74, 6) is -0.469. The van der Waals surface area contributed by atoms with E-state index in [9.17, 15) is 19.8 Å². The minimum absolute atomic E-state index is 0.0953. The van der Waals surface area contributed by atoms with Gasteiger partial charge in [0.15, 0.2) is 0 Å². The van der Waals surface area contributed by atoms with Crippen LogP contribution in [0.4, 0.5) is 0 Å². The molecule has 0 aliphatic heterocycles. The Morgan fingerprint density at radius 3 is 1.77 bits per heavy atom. The Hall–Kier alpha value is -3.02. The molecule has 6 heteroatoms. The van der Waals surface area contributed by atoms with Crippen molar-refractivity contribution >= 4 is 11.9 Å². The number of hydrogen-bond acceptors (Lipinski definition) is 5. The zero-order valence-electron chi connectivity index (χ0n) is 21.0. The topological polar surface area (TPSA) is 95.9 Å².